The maximum absolute atomic E-state index is 12.0. The van der Waals surface area contributed by atoms with E-state index in [0.717, 1.165) is 0 Å². The van der Waals surface area contributed by atoms with Gasteiger partial charge in [-0.2, -0.15) is 0 Å². The number of urea groups is 1. The number of carbonyl (C=O) groups is 2. The van der Waals surface area contributed by atoms with E-state index in [9.17, 15) is 9.59 Å². The molecule has 2 rings (SSSR count). The van der Waals surface area contributed by atoms with Crippen molar-refractivity contribution in [3.8, 4) is 11.5 Å². The summed E-state index contributed by atoms with van der Waals surface area (Å²) in [5.41, 5.74) is 0.505. The Labute approximate surface area is 121 Å². The maximum atomic E-state index is 12.0. The molecule has 1 heterocycles. The predicted octanol–water partition coefficient (Wildman–Crippen LogP) is 2.05. The summed E-state index contributed by atoms with van der Waals surface area (Å²) in [7, 11) is 2.97. The third-order valence-corrected chi connectivity index (χ3v) is 3.42. The molecule has 1 fully saturated rings. The quantitative estimate of drug-likeness (QED) is 0.927. The topological polar surface area (TPSA) is 67.9 Å². The molecular weight excluding hydrogens is 284 g/mol. The average molecular weight is 299 g/mol. The van der Waals surface area contributed by atoms with Gasteiger partial charge in [0, 0.05) is 18.7 Å². The minimum absolute atomic E-state index is 0.270. The molecule has 108 valence electrons. The standard InChI is InChI=1S/C13H15ClN2O4/c1-7-6-16(13(18)15-12(7)17)9-5-10(19-2)8(14)4-11(9)20-3/h4-5,7H,6H2,1-3H3,(H,15,17,18). The van der Waals surface area contributed by atoms with Crippen LogP contribution in [0.1, 0.15) is 6.92 Å². The molecule has 0 radical (unpaired) electrons. The van der Waals surface area contributed by atoms with E-state index in [1.807, 2.05) is 0 Å². The molecule has 0 aliphatic carbocycles. The summed E-state index contributed by atoms with van der Waals surface area (Å²) < 4.78 is 10.4. The Morgan fingerprint density at radius 2 is 1.90 bits per heavy atom. The lowest BCUT2D eigenvalue weighted by atomic mass is 10.1. The lowest BCUT2D eigenvalue weighted by Crippen LogP contribution is -2.54. The highest BCUT2D eigenvalue weighted by molar-refractivity contribution is 6.32. The number of anilines is 1. The summed E-state index contributed by atoms with van der Waals surface area (Å²) in [6, 6.07) is 2.70. The van der Waals surface area contributed by atoms with Gasteiger partial charge in [-0.05, 0) is 0 Å². The number of nitrogens with one attached hydrogen (secondary N) is 1. The van der Waals surface area contributed by atoms with Gasteiger partial charge >= 0.3 is 6.03 Å². The molecule has 7 heteroatoms. The van der Waals surface area contributed by atoms with E-state index in [2.05, 4.69) is 5.32 Å². The summed E-state index contributed by atoms with van der Waals surface area (Å²) in [6.07, 6.45) is 0. The normalized spacial score (nSPS) is 18.8. The van der Waals surface area contributed by atoms with Gasteiger partial charge in [-0.3, -0.25) is 15.0 Å². The highest BCUT2D eigenvalue weighted by atomic mass is 35.5. The van der Waals surface area contributed by atoms with Gasteiger partial charge in [-0.1, -0.05) is 18.5 Å². The Kier molecular flexibility index (Phi) is 4.04. The van der Waals surface area contributed by atoms with Crippen molar-refractivity contribution in [3.05, 3.63) is 17.2 Å². The van der Waals surface area contributed by atoms with Crippen LogP contribution in [0.5, 0.6) is 11.5 Å². The number of carbonyl (C=O) groups excluding carboxylic acids is 2. The first-order valence-electron chi connectivity index (χ1n) is 6.01. The van der Waals surface area contributed by atoms with Crippen LogP contribution >= 0.6 is 11.6 Å². The molecule has 6 nitrogen and oxygen atoms in total. The third-order valence-electron chi connectivity index (χ3n) is 3.12. The second-order valence-corrected chi connectivity index (χ2v) is 4.87. The van der Waals surface area contributed by atoms with Gasteiger partial charge in [-0.25, -0.2) is 4.79 Å². The van der Waals surface area contributed by atoms with E-state index in [1.165, 1.54) is 19.1 Å². The first kappa shape index (κ1) is 14.5. The molecule has 1 N–H and O–H groups in total. The Morgan fingerprint density at radius 3 is 2.50 bits per heavy atom. The molecule has 20 heavy (non-hydrogen) atoms. The van der Waals surface area contributed by atoms with Crippen LogP contribution in [-0.4, -0.2) is 32.7 Å². The fraction of sp³-hybridized carbons (Fsp3) is 0.385. The number of hydrogen-bond acceptors (Lipinski definition) is 4. The van der Waals surface area contributed by atoms with Gasteiger partial charge in [0.2, 0.25) is 5.91 Å². The molecule has 3 amide bonds. The van der Waals surface area contributed by atoms with Gasteiger partial charge < -0.3 is 9.47 Å². The largest absolute Gasteiger partial charge is 0.495 e. The number of nitrogens with zero attached hydrogens (tertiary/aromatic N) is 1. The van der Waals surface area contributed by atoms with Crippen molar-refractivity contribution in [3.63, 3.8) is 0 Å². The van der Waals surface area contributed by atoms with Crippen molar-refractivity contribution in [2.45, 2.75) is 6.92 Å². The van der Waals surface area contributed by atoms with E-state index in [1.54, 1.807) is 19.1 Å². The number of halogens is 1. The van der Waals surface area contributed by atoms with Crippen LogP contribution in [0.2, 0.25) is 5.02 Å². The summed E-state index contributed by atoms with van der Waals surface area (Å²) in [5, 5.41) is 2.68. The number of imide groups is 1. The number of rotatable bonds is 3. The van der Waals surface area contributed by atoms with Gasteiger partial charge in [0.25, 0.3) is 0 Å². The molecule has 0 aromatic heterocycles. The SMILES string of the molecule is COc1cc(N2CC(C)C(=O)NC2=O)c(OC)cc1Cl. The van der Waals surface area contributed by atoms with Gasteiger partial charge in [0.15, 0.2) is 0 Å². The summed E-state index contributed by atoms with van der Waals surface area (Å²) in [5.74, 6) is 0.276. The first-order chi connectivity index (χ1) is 9.47. The van der Waals surface area contributed by atoms with Crippen LogP contribution in [0.15, 0.2) is 12.1 Å². The maximum Gasteiger partial charge on any atom is 0.328 e. The molecule has 1 aliphatic rings. The number of amides is 3. The minimum atomic E-state index is -0.490. The molecule has 0 bridgehead atoms. The average Bonchev–Trinajstić information content (AvgIpc) is 2.42. The zero-order valence-corrected chi connectivity index (χ0v) is 12.2. The molecule has 0 spiro atoms. The van der Waals surface area contributed by atoms with Crippen molar-refractivity contribution in [1.82, 2.24) is 5.32 Å². The molecule has 0 saturated carbocycles. The van der Waals surface area contributed by atoms with Crippen molar-refractivity contribution >= 4 is 29.2 Å². The van der Waals surface area contributed by atoms with Crippen LogP contribution < -0.4 is 19.7 Å². The van der Waals surface area contributed by atoms with Crippen LogP contribution in [-0.2, 0) is 4.79 Å². The molecule has 1 atom stereocenters. The van der Waals surface area contributed by atoms with E-state index in [4.69, 9.17) is 21.1 Å². The summed E-state index contributed by atoms with van der Waals surface area (Å²) in [6.45, 7) is 2.01. The zero-order valence-electron chi connectivity index (χ0n) is 11.4. The fourth-order valence-corrected chi connectivity index (χ4v) is 2.23. The van der Waals surface area contributed by atoms with Crippen molar-refractivity contribution in [2.75, 3.05) is 25.7 Å². The van der Waals surface area contributed by atoms with Crippen LogP contribution in [0, 0.1) is 5.92 Å². The second-order valence-electron chi connectivity index (χ2n) is 4.46. The van der Waals surface area contributed by atoms with Crippen LogP contribution in [0.25, 0.3) is 0 Å². The number of methoxy groups -OCH3 is 2. The Balaban J connectivity index is 2.45. The summed E-state index contributed by atoms with van der Waals surface area (Å²) in [4.78, 5) is 24.9. The molecule has 1 saturated heterocycles. The molecular formula is C13H15ClN2O4. The highest BCUT2D eigenvalue weighted by Gasteiger charge is 2.32. The monoisotopic (exact) mass is 298 g/mol. The molecule has 1 aliphatic heterocycles. The van der Waals surface area contributed by atoms with Crippen molar-refractivity contribution in [2.24, 2.45) is 5.92 Å². The van der Waals surface area contributed by atoms with E-state index >= 15 is 0 Å². The number of benzene rings is 1. The Hall–Kier alpha value is -1.95. The summed E-state index contributed by atoms with van der Waals surface area (Å²) >= 11 is 6.03. The molecule has 1 aromatic rings. The van der Waals surface area contributed by atoms with Crippen LogP contribution in [0.4, 0.5) is 10.5 Å². The lowest BCUT2D eigenvalue weighted by Gasteiger charge is -2.31. The van der Waals surface area contributed by atoms with Crippen molar-refractivity contribution in [1.29, 1.82) is 0 Å². The van der Waals surface area contributed by atoms with E-state index in [-0.39, 0.29) is 18.4 Å². The smallest absolute Gasteiger partial charge is 0.328 e. The minimum Gasteiger partial charge on any atom is -0.495 e. The Morgan fingerprint density at radius 1 is 1.25 bits per heavy atom. The first-order valence-corrected chi connectivity index (χ1v) is 6.39. The van der Waals surface area contributed by atoms with Gasteiger partial charge in [-0.15, -0.1) is 0 Å². The fourth-order valence-electron chi connectivity index (χ4n) is 2.00. The van der Waals surface area contributed by atoms with Crippen LogP contribution in [0.3, 0.4) is 0 Å². The predicted molar refractivity (Wildman–Crippen MR) is 74.6 cm³/mol. The second kappa shape index (κ2) is 5.58. The van der Waals surface area contributed by atoms with Gasteiger partial charge in [0.05, 0.1) is 30.8 Å². The van der Waals surface area contributed by atoms with Crippen molar-refractivity contribution < 1.29 is 19.1 Å². The van der Waals surface area contributed by atoms with E-state index in [0.29, 0.717) is 22.2 Å². The Bertz CT molecular complexity index is 562. The zero-order chi connectivity index (χ0) is 14.9. The number of hydrogen-bond donors (Lipinski definition) is 1. The molecule has 1 unspecified atom stereocenters. The van der Waals surface area contributed by atoms with Gasteiger partial charge in [0.1, 0.15) is 11.5 Å². The lowest BCUT2D eigenvalue weighted by molar-refractivity contribution is -0.123. The molecule has 1 aromatic carbocycles. The third kappa shape index (κ3) is 2.51. The number of ether oxygens (including phenoxy) is 2. The highest BCUT2D eigenvalue weighted by Crippen LogP contribution is 2.38. The van der Waals surface area contributed by atoms with E-state index < -0.39 is 6.03 Å².